The van der Waals surface area contributed by atoms with Crippen LogP contribution in [-0.2, 0) is 11.2 Å². The van der Waals surface area contributed by atoms with Crippen molar-refractivity contribution in [3.63, 3.8) is 0 Å². The average molecular weight is 377 g/mol. The highest BCUT2D eigenvalue weighted by Crippen LogP contribution is 2.33. The number of carbonyl (C=O) groups excluding carboxylic acids is 1. The molecule has 2 aromatic rings. The van der Waals surface area contributed by atoms with E-state index in [4.69, 9.17) is 21.1 Å². The summed E-state index contributed by atoms with van der Waals surface area (Å²) < 4.78 is 25.4. The lowest BCUT2D eigenvalue weighted by Crippen LogP contribution is -2.13. The second-order valence-corrected chi connectivity index (χ2v) is 6.63. The van der Waals surface area contributed by atoms with Gasteiger partial charge < -0.3 is 9.47 Å². The SMILES string of the molecule is C.C[C@H](COc1cc(F)c2c(c1)OCC(C=O)=C2)Cc1ccc(Cl)cc1. The molecule has 0 N–H and O–H groups in total. The molecule has 2 aromatic carbocycles. The molecule has 0 fully saturated rings. The van der Waals surface area contributed by atoms with Crippen LogP contribution in [0.2, 0.25) is 5.02 Å². The van der Waals surface area contributed by atoms with E-state index >= 15 is 0 Å². The smallest absolute Gasteiger partial charge is 0.149 e. The van der Waals surface area contributed by atoms with Crippen LogP contribution in [0.25, 0.3) is 6.08 Å². The van der Waals surface area contributed by atoms with E-state index in [1.54, 1.807) is 6.07 Å². The van der Waals surface area contributed by atoms with Crippen LogP contribution >= 0.6 is 11.6 Å². The third-order valence-electron chi connectivity index (χ3n) is 3.97. The molecular weight excluding hydrogens is 355 g/mol. The first kappa shape index (κ1) is 20.0. The van der Waals surface area contributed by atoms with E-state index in [2.05, 4.69) is 6.92 Å². The summed E-state index contributed by atoms with van der Waals surface area (Å²) in [7, 11) is 0. The van der Waals surface area contributed by atoms with Crippen LogP contribution in [0.15, 0.2) is 42.0 Å². The van der Waals surface area contributed by atoms with Crippen molar-refractivity contribution in [3.05, 3.63) is 63.9 Å². The van der Waals surface area contributed by atoms with Gasteiger partial charge in [0.2, 0.25) is 0 Å². The highest BCUT2D eigenvalue weighted by molar-refractivity contribution is 6.30. The van der Waals surface area contributed by atoms with Crippen LogP contribution in [0.1, 0.15) is 25.5 Å². The van der Waals surface area contributed by atoms with E-state index < -0.39 is 5.82 Å². The summed E-state index contributed by atoms with van der Waals surface area (Å²) in [5.41, 5.74) is 1.87. The zero-order valence-electron chi connectivity index (χ0n) is 13.8. The molecule has 1 heterocycles. The number of hydrogen-bond acceptors (Lipinski definition) is 3. The molecule has 0 saturated heterocycles. The van der Waals surface area contributed by atoms with E-state index in [0.717, 1.165) is 6.42 Å². The number of aldehydes is 1. The summed E-state index contributed by atoms with van der Waals surface area (Å²) in [4.78, 5) is 10.8. The summed E-state index contributed by atoms with van der Waals surface area (Å²) in [5.74, 6) is 0.604. The van der Waals surface area contributed by atoms with Gasteiger partial charge in [0.25, 0.3) is 0 Å². The van der Waals surface area contributed by atoms with Gasteiger partial charge in [0, 0.05) is 22.7 Å². The number of halogens is 2. The molecule has 3 rings (SSSR count). The molecule has 0 bridgehead atoms. The molecule has 0 amide bonds. The Morgan fingerprint density at radius 2 is 2.04 bits per heavy atom. The average Bonchev–Trinajstić information content (AvgIpc) is 2.62. The van der Waals surface area contributed by atoms with Gasteiger partial charge in [-0.2, -0.15) is 0 Å². The van der Waals surface area contributed by atoms with Gasteiger partial charge in [0.05, 0.1) is 12.2 Å². The molecule has 0 spiro atoms. The maximum atomic E-state index is 14.2. The minimum atomic E-state index is -0.461. The maximum Gasteiger partial charge on any atom is 0.149 e. The lowest BCUT2D eigenvalue weighted by Gasteiger charge is -2.18. The van der Waals surface area contributed by atoms with Gasteiger partial charge in [-0.1, -0.05) is 38.1 Å². The second kappa shape index (κ2) is 8.86. The summed E-state index contributed by atoms with van der Waals surface area (Å²) in [5, 5.41) is 0.712. The fraction of sp³-hybridized carbons (Fsp3) is 0.286. The van der Waals surface area contributed by atoms with Crippen molar-refractivity contribution >= 4 is 24.0 Å². The zero-order chi connectivity index (χ0) is 17.8. The molecular formula is C21H22ClFO3. The number of rotatable bonds is 6. The van der Waals surface area contributed by atoms with Crippen LogP contribution in [0, 0.1) is 11.7 Å². The predicted octanol–water partition coefficient (Wildman–Crippen LogP) is 5.35. The lowest BCUT2D eigenvalue weighted by molar-refractivity contribution is -0.105. The van der Waals surface area contributed by atoms with Crippen LogP contribution in [-0.4, -0.2) is 19.5 Å². The summed E-state index contributed by atoms with van der Waals surface area (Å²) >= 11 is 5.89. The van der Waals surface area contributed by atoms with Gasteiger partial charge >= 0.3 is 0 Å². The highest BCUT2D eigenvalue weighted by atomic mass is 35.5. The summed E-state index contributed by atoms with van der Waals surface area (Å²) in [6, 6.07) is 10.7. The van der Waals surface area contributed by atoms with Crippen LogP contribution < -0.4 is 9.47 Å². The number of fused-ring (bicyclic) bond motifs is 1. The quantitative estimate of drug-likeness (QED) is 0.638. The van der Waals surface area contributed by atoms with Gasteiger partial charge in [-0.15, -0.1) is 0 Å². The van der Waals surface area contributed by atoms with E-state index in [-0.39, 0.29) is 25.5 Å². The van der Waals surface area contributed by atoms with Crippen LogP contribution in [0.5, 0.6) is 11.5 Å². The summed E-state index contributed by atoms with van der Waals surface area (Å²) in [6.45, 7) is 2.67. The Kier molecular flexibility index (Phi) is 6.81. The van der Waals surface area contributed by atoms with E-state index in [0.29, 0.717) is 35.0 Å². The van der Waals surface area contributed by atoms with E-state index in [1.807, 2.05) is 24.3 Å². The molecule has 0 aromatic heterocycles. The lowest BCUT2D eigenvalue weighted by atomic mass is 10.0. The Morgan fingerprint density at radius 3 is 2.73 bits per heavy atom. The van der Waals surface area contributed by atoms with Gasteiger partial charge in [0.1, 0.15) is 30.2 Å². The topological polar surface area (TPSA) is 35.5 Å². The van der Waals surface area contributed by atoms with Crippen molar-refractivity contribution in [1.29, 1.82) is 0 Å². The first-order chi connectivity index (χ1) is 12.0. The third-order valence-corrected chi connectivity index (χ3v) is 4.22. The maximum absolute atomic E-state index is 14.2. The molecule has 0 unspecified atom stereocenters. The molecule has 26 heavy (non-hydrogen) atoms. The van der Waals surface area contributed by atoms with Gasteiger partial charge in [-0.05, 0) is 36.1 Å². The minimum Gasteiger partial charge on any atom is -0.493 e. The van der Waals surface area contributed by atoms with Gasteiger partial charge in [-0.3, -0.25) is 4.79 Å². The molecule has 138 valence electrons. The normalized spacial score (nSPS) is 13.6. The van der Waals surface area contributed by atoms with E-state index in [9.17, 15) is 9.18 Å². The van der Waals surface area contributed by atoms with Gasteiger partial charge in [-0.25, -0.2) is 4.39 Å². The van der Waals surface area contributed by atoms with Crippen LogP contribution in [0.3, 0.4) is 0 Å². The molecule has 3 nitrogen and oxygen atoms in total. The molecule has 5 heteroatoms. The third kappa shape index (κ3) is 4.85. The molecule has 0 saturated carbocycles. The number of hydrogen-bond donors (Lipinski definition) is 0. The molecule has 0 aliphatic carbocycles. The number of benzene rings is 2. The highest BCUT2D eigenvalue weighted by Gasteiger charge is 2.17. The van der Waals surface area contributed by atoms with Crippen LogP contribution in [0.4, 0.5) is 4.39 Å². The largest absolute Gasteiger partial charge is 0.493 e. The minimum absolute atomic E-state index is 0. The zero-order valence-corrected chi connectivity index (χ0v) is 14.6. The van der Waals surface area contributed by atoms with Gasteiger partial charge in [0.15, 0.2) is 0 Å². The monoisotopic (exact) mass is 376 g/mol. The Labute approximate surface area is 158 Å². The van der Waals surface area contributed by atoms with Crippen molar-refractivity contribution in [3.8, 4) is 11.5 Å². The molecule has 0 radical (unpaired) electrons. The molecule has 1 atom stereocenters. The Hall–Kier alpha value is -2.33. The Morgan fingerprint density at radius 1 is 1.31 bits per heavy atom. The number of carbonyl (C=O) groups is 1. The predicted molar refractivity (Wildman–Crippen MR) is 102 cm³/mol. The van der Waals surface area contributed by atoms with E-state index in [1.165, 1.54) is 17.7 Å². The molecule has 1 aliphatic heterocycles. The first-order valence-corrected chi connectivity index (χ1v) is 8.42. The fourth-order valence-electron chi connectivity index (χ4n) is 2.69. The standard InChI is InChI=1S/C20H18ClFO3.CH4/c1-13(6-14-2-4-16(21)5-3-14)11-24-17-8-19(22)18-7-15(10-23)12-25-20(18)9-17;/h2-5,7-10,13H,6,11-12H2,1H3;1H4/t13-;/m0./s1. The van der Waals surface area contributed by atoms with Crippen molar-refractivity contribution in [2.24, 2.45) is 5.92 Å². The Balaban J connectivity index is 0.00000243. The summed E-state index contributed by atoms with van der Waals surface area (Å²) in [6.07, 6.45) is 3.02. The first-order valence-electron chi connectivity index (χ1n) is 8.04. The van der Waals surface area contributed by atoms with Crippen molar-refractivity contribution in [2.75, 3.05) is 13.2 Å². The molecule has 1 aliphatic rings. The van der Waals surface area contributed by atoms with Crippen molar-refractivity contribution in [1.82, 2.24) is 0 Å². The Bertz CT molecular complexity index is 800. The van der Waals surface area contributed by atoms with Crippen molar-refractivity contribution < 1.29 is 18.7 Å². The second-order valence-electron chi connectivity index (χ2n) is 6.19. The van der Waals surface area contributed by atoms with Crippen molar-refractivity contribution in [2.45, 2.75) is 20.8 Å². The fourth-order valence-corrected chi connectivity index (χ4v) is 2.81. The number of ether oxygens (including phenoxy) is 2.